The second-order valence-electron chi connectivity index (χ2n) is 7.38. The summed E-state index contributed by atoms with van der Waals surface area (Å²) in [6, 6.07) is 14.5. The number of rotatable bonds is 6. The molecule has 3 N–H and O–H groups in total. The van der Waals surface area contributed by atoms with Crippen LogP contribution in [0.25, 0.3) is 11.1 Å². The molecule has 4 rings (SSSR count). The van der Waals surface area contributed by atoms with Crippen LogP contribution in [0.4, 0.5) is 0 Å². The van der Waals surface area contributed by atoms with Crippen LogP contribution < -0.4 is 10.1 Å². The molecule has 5 nitrogen and oxygen atoms in total. The fraction of sp³-hybridized carbons (Fsp3) is 0.292. The molecule has 1 aliphatic heterocycles. The molecule has 0 amide bonds. The summed E-state index contributed by atoms with van der Waals surface area (Å²) in [7, 11) is 1.68. The quantitative estimate of drug-likeness (QED) is 0.603. The van der Waals surface area contributed by atoms with Crippen LogP contribution in [0.15, 0.2) is 54.9 Å². The zero-order valence-corrected chi connectivity index (χ0v) is 16.6. The van der Waals surface area contributed by atoms with E-state index in [1.807, 2.05) is 12.1 Å². The van der Waals surface area contributed by atoms with Crippen LogP contribution in [-0.2, 0) is 26.1 Å². The van der Waals surface area contributed by atoms with Crippen molar-refractivity contribution >= 4 is 0 Å². The van der Waals surface area contributed by atoms with Crippen molar-refractivity contribution in [2.45, 2.75) is 32.1 Å². The average molecular weight is 390 g/mol. The molecule has 1 atom stereocenters. The normalized spacial score (nSPS) is 15.8. The molecule has 1 unspecified atom stereocenters. The van der Waals surface area contributed by atoms with E-state index in [4.69, 9.17) is 4.74 Å². The van der Waals surface area contributed by atoms with Crippen LogP contribution >= 0.6 is 0 Å². The first-order valence-corrected chi connectivity index (χ1v) is 9.90. The Labute approximate surface area is 171 Å². The van der Waals surface area contributed by atoms with Crippen molar-refractivity contribution < 1.29 is 14.9 Å². The Balaban J connectivity index is 1.60. The number of hydrogen-bond donors (Lipinski definition) is 3. The van der Waals surface area contributed by atoms with E-state index in [-0.39, 0.29) is 19.3 Å². The third-order valence-corrected chi connectivity index (χ3v) is 5.61. The van der Waals surface area contributed by atoms with Crippen LogP contribution in [0.1, 0.15) is 33.9 Å². The van der Waals surface area contributed by atoms with Gasteiger partial charge in [0, 0.05) is 29.6 Å². The van der Waals surface area contributed by atoms with Crippen molar-refractivity contribution in [1.29, 1.82) is 0 Å². The first-order valence-electron chi connectivity index (χ1n) is 9.90. The minimum atomic E-state index is -0.00198. The zero-order chi connectivity index (χ0) is 20.2. The molecule has 0 radical (unpaired) electrons. The average Bonchev–Trinajstić information content (AvgIpc) is 2.78. The van der Waals surface area contributed by atoms with Gasteiger partial charge in [0.05, 0.1) is 20.3 Å². The minimum absolute atomic E-state index is 0.00198. The van der Waals surface area contributed by atoms with Gasteiger partial charge < -0.3 is 20.3 Å². The minimum Gasteiger partial charge on any atom is -0.496 e. The molecule has 0 saturated heterocycles. The van der Waals surface area contributed by atoms with Crippen molar-refractivity contribution in [3.63, 3.8) is 0 Å². The highest BCUT2D eigenvalue weighted by atomic mass is 16.5. The lowest BCUT2D eigenvalue weighted by atomic mass is 9.88. The second-order valence-corrected chi connectivity index (χ2v) is 7.38. The summed E-state index contributed by atoms with van der Waals surface area (Å²) >= 11 is 0. The topological polar surface area (TPSA) is 74.6 Å². The number of ether oxygens (including phenoxy) is 1. The summed E-state index contributed by atoms with van der Waals surface area (Å²) in [4.78, 5) is 4.19. The van der Waals surface area contributed by atoms with Crippen LogP contribution in [0.3, 0.4) is 0 Å². The molecule has 29 heavy (non-hydrogen) atoms. The molecule has 0 saturated carbocycles. The zero-order valence-electron chi connectivity index (χ0n) is 16.6. The lowest BCUT2D eigenvalue weighted by Gasteiger charge is -2.29. The molecule has 2 aromatic carbocycles. The number of methoxy groups -OCH3 is 1. The van der Waals surface area contributed by atoms with E-state index in [1.54, 1.807) is 19.5 Å². The number of hydrogen-bond acceptors (Lipinski definition) is 5. The van der Waals surface area contributed by atoms with Crippen molar-refractivity contribution in [2.75, 3.05) is 13.7 Å². The molecule has 1 aliphatic rings. The first-order chi connectivity index (χ1) is 14.2. The third kappa shape index (κ3) is 4.03. The third-order valence-electron chi connectivity index (χ3n) is 5.61. The van der Waals surface area contributed by atoms with E-state index in [0.717, 1.165) is 47.4 Å². The fourth-order valence-electron chi connectivity index (χ4n) is 4.14. The molecular weight excluding hydrogens is 364 g/mol. The van der Waals surface area contributed by atoms with Crippen LogP contribution in [0, 0.1) is 0 Å². The van der Waals surface area contributed by atoms with Gasteiger partial charge in [0.25, 0.3) is 0 Å². The SMILES string of the molecule is COc1cc(CO)cc2c1C(Cc1ccc(-c3cnccc3CO)cc1)NCC2. The maximum Gasteiger partial charge on any atom is 0.124 e. The van der Waals surface area contributed by atoms with Gasteiger partial charge in [0.1, 0.15) is 5.75 Å². The Morgan fingerprint density at radius 1 is 1.07 bits per heavy atom. The van der Waals surface area contributed by atoms with Gasteiger partial charge in [0.15, 0.2) is 0 Å². The predicted molar refractivity (Wildman–Crippen MR) is 113 cm³/mol. The van der Waals surface area contributed by atoms with Gasteiger partial charge >= 0.3 is 0 Å². The van der Waals surface area contributed by atoms with Gasteiger partial charge in [-0.15, -0.1) is 0 Å². The lowest BCUT2D eigenvalue weighted by molar-refractivity contribution is 0.280. The summed E-state index contributed by atoms with van der Waals surface area (Å²) in [5.41, 5.74) is 7.43. The summed E-state index contributed by atoms with van der Waals surface area (Å²) < 4.78 is 5.64. The fourth-order valence-corrected chi connectivity index (χ4v) is 4.14. The molecule has 0 aliphatic carbocycles. The Hall–Kier alpha value is -2.73. The highest BCUT2D eigenvalue weighted by Crippen LogP contribution is 2.35. The molecule has 1 aromatic heterocycles. The number of benzene rings is 2. The predicted octanol–water partition coefficient (Wildman–Crippen LogP) is 3.17. The highest BCUT2D eigenvalue weighted by molar-refractivity contribution is 5.66. The summed E-state index contributed by atoms with van der Waals surface area (Å²) in [6.45, 7) is 0.925. The summed E-state index contributed by atoms with van der Waals surface area (Å²) in [5.74, 6) is 0.836. The molecule has 2 heterocycles. The van der Waals surface area contributed by atoms with Crippen LogP contribution in [0.5, 0.6) is 5.75 Å². The number of aliphatic hydroxyl groups is 2. The van der Waals surface area contributed by atoms with Crippen molar-refractivity contribution in [2.24, 2.45) is 0 Å². The van der Waals surface area contributed by atoms with Gasteiger partial charge in [-0.2, -0.15) is 0 Å². The number of fused-ring (bicyclic) bond motifs is 1. The Morgan fingerprint density at radius 2 is 1.90 bits per heavy atom. The second kappa shape index (κ2) is 8.74. The maximum absolute atomic E-state index is 9.57. The molecule has 5 heteroatoms. The van der Waals surface area contributed by atoms with Crippen LogP contribution in [0.2, 0.25) is 0 Å². The van der Waals surface area contributed by atoms with E-state index in [0.29, 0.717) is 0 Å². The smallest absolute Gasteiger partial charge is 0.124 e. The van der Waals surface area contributed by atoms with Gasteiger partial charge in [-0.05, 0) is 59.3 Å². The Bertz CT molecular complexity index is 969. The highest BCUT2D eigenvalue weighted by Gasteiger charge is 2.24. The van der Waals surface area contributed by atoms with Crippen molar-refractivity contribution in [1.82, 2.24) is 10.3 Å². The van der Waals surface area contributed by atoms with E-state index >= 15 is 0 Å². The van der Waals surface area contributed by atoms with Gasteiger partial charge in [0.2, 0.25) is 0 Å². The largest absolute Gasteiger partial charge is 0.496 e. The van der Waals surface area contributed by atoms with Gasteiger partial charge in [-0.25, -0.2) is 0 Å². The van der Waals surface area contributed by atoms with Gasteiger partial charge in [-0.3, -0.25) is 4.98 Å². The number of nitrogens with one attached hydrogen (secondary N) is 1. The molecule has 0 fully saturated rings. The molecule has 3 aromatic rings. The molecular formula is C24H26N2O3. The molecule has 0 spiro atoms. The maximum atomic E-state index is 9.57. The van der Waals surface area contributed by atoms with Crippen molar-refractivity contribution in [3.05, 3.63) is 82.7 Å². The standard InChI is InChI=1S/C24H26N2O3/c1-29-23-12-17(14-27)10-19-7-9-26-22(24(19)23)11-16-2-4-18(5-3-16)21-13-25-8-6-20(21)15-28/h2-6,8,10,12-13,22,26-28H,7,9,11,14-15H2,1H3. The van der Waals surface area contributed by atoms with Gasteiger partial charge in [-0.1, -0.05) is 30.3 Å². The van der Waals surface area contributed by atoms with E-state index < -0.39 is 0 Å². The monoisotopic (exact) mass is 390 g/mol. The summed E-state index contributed by atoms with van der Waals surface area (Å²) in [5, 5.41) is 22.7. The first kappa shape index (κ1) is 19.6. The number of aliphatic hydroxyl groups excluding tert-OH is 2. The van der Waals surface area contributed by atoms with E-state index in [9.17, 15) is 10.2 Å². The Kier molecular flexibility index (Phi) is 5.90. The van der Waals surface area contributed by atoms with E-state index in [2.05, 4.69) is 40.6 Å². The van der Waals surface area contributed by atoms with Crippen molar-refractivity contribution in [3.8, 4) is 16.9 Å². The molecule has 0 bridgehead atoms. The molecule has 150 valence electrons. The van der Waals surface area contributed by atoms with Crippen LogP contribution in [-0.4, -0.2) is 28.9 Å². The number of nitrogens with zero attached hydrogens (tertiary/aromatic N) is 1. The van der Waals surface area contributed by atoms with E-state index in [1.165, 1.54) is 16.7 Å². The number of pyridine rings is 1. The lowest BCUT2D eigenvalue weighted by Crippen LogP contribution is -2.31. The summed E-state index contributed by atoms with van der Waals surface area (Å²) in [6.07, 6.45) is 5.27. The number of aromatic nitrogens is 1. The Morgan fingerprint density at radius 3 is 2.62 bits per heavy atom.